The van der Waals surface area contributed by atoms with E-state index in [9.17, 15) is 0 Å². The van der Waals surface area contributed by atoms with Crippen LogP contribution in [0.4, 0.5) is 0 Å². The molecule has 0 spiro atoms. The van der Waals surface area contributed by atoms with Gasteiger partial charge in [-0.3, -0.25) is 0 Å². The van der Waals surface area contributed by atoms with Crippen LogP contribution in [-0.4, -0.2) is 0 Å². The predicted molar refractivity (Wildman–Crippen MR) is 50.0 cm³/mol. The third-order valence-electron chi connectivity index (χ3n) is 1.51. The van der Waals surface area contributed by atoms with Gasteiger partial charge >= 0.3 is 30.0 Å². The molecule has 0 atom stereocenters. The Morgan fingerprint density at radius 3 is 2.25 bits per heavy atom. The molecule has 0 bridgehead atoms. The van der Waals surface area contributed by atoms with E-state index in [1.807, 2.05) is 0 Å². The summed E-state index contributed by atoms with van der Waals surface area (Å²) >= 11 is 5.03. The maximum absolute atomic E-state index is 2.87. The predicted octanol–water partition coefficient (Wildman–Crippen LogP) is 0.724. The molecule has 0 aromatic rings. The third kappa shape index (κ3) is 6.45. The van der Waals surface area contributed by atoms with Crippen LogP contribution in [0.5, 0.6) is 0 Å². The molecule has 0 N–H and O–H groups in total. The monoisotopic (exact) mass is 381 g/mol. The van der Waals surface area contributed by atoms with E-state index in [1.54, 1.807) is 0 Å². The SMILES string of the molecule is CC1=C[C-](C)CC(C)=C1.[Br-].[Br][Ru+2]. The van der Waals surface area contributed by atoms with E-state index in [0.717, 1.165) is 6.42 Å². The van der Waals surface area contributed by atoms with Crippen LogP contribution < -0.4 is 17.0 Å². The molecule has 0 aromatic heterocycles. The van der Waals surface area contributed by atoms with Gasteiger partial charge in [0.25, 0.3) is 0 Å². The Hall–Kier alpha value is 0.933. The summed E-state index contributed by atoms with van der Waals surface area (Å²) in [7, 11) is 0. The van der Waals surface area contributed by atoms with Crippen molar-refractivity contribution >= 4 is 13.6 Å². The van der Waals surface area contributed by atoms with E-state index in [0.29, 0.717) is 0 Å². The molecule has 0 fully saturated rings. The topological polar surface area (TPSA) is 0 Å². The second kappa shape index (κ2) is 8.53. The summed E-state index contributed by atoms with van der Waals surface area (Å²) in [5.74, 6) is 1.48. The van der Waals surface area contributed by atoms with Crippen LogP contribution in [0.2, 0.25) is 0 Å². The molecule has 3 heteroatoms. The van der Waals surface area contributed by atoms with E-state index in [-0.39, 0.29) is 17.0 Å². The normalized spacial score (nSPS) is 14.8. The van der Waals surface area contributed by atoms with Gasteiger partial charge in [0.2, 0.25) is 0 Å². The molecular formula is C9H13Br2Ru. The van der Waals surface area contributed by atoms with Crippen molar-refractivity contribution in [1.29, 1.82) is 0 Å². The van der Waals surface area contributed by atoms with Gasteiger partial charge in [0.1, 0.15) is 0 Å². The molecule has 0 aliphatic heterocycles. The summed E-state index contributed by atoms with van der Waals surface area (Å²) in [6.07, 6.45) is 5.65. The fourth-order valence-electron chi connectivity index (χ4n) is 1.36. The Bertz CT molecular complexity index is 173. The third-order valence-corrected chi connectivity index (χ3v) is 1.51. The Balaban J connectivity index is 0. The van der Waals surface area contributed by atoms with Gasteiger partial charge in [-0.05, 0) is 6.92 Å². The molecular weight excluding hydrogens is 369 g/mol. The van der Waals surface area contributed by atoms with Gasteiger partial charge in [0.05, 0.1) is 0 Å². The number of rotatable bonds is 0. The molecule has 0 amide bonds. The Kier molecular flexibility index (Phi) is 10.9. The average molecular weight is 382 g/mol. The first-order chi connectivity index (χ1) is 5.18. The van der Waals surface area contributed by atoms with Crippen molar-refractivity contribution in [3.63, 3.8) is 0 Å². The van der Waals surface area contributed by atoms with Gasteiger partial charge in [-0.1, -0.05) is 6.42 Å². The summed E-state index contributed by atoms with van der Waals surface area (Å²) in [6.45, 7) is 6.51. The first-order valence-electron chi connectivity index (χ1n) is 3.50. The first kappa shape index (κ1) is 15.4. The molecule has 1 aliphatic carbocycles. The molecule has 0 saturated heterocycles. The van der Waals surface area contributed by atoms with Crippen LogP contribution in [0, 0.1) is 5.92 Å². The van der Waals surface area contributed by atoms with Crippen molar-refractivity contribution in [1.82, 2.24) is 0 Å². The van der Waals surface area contributed by atoms with E-state index < -0.39 is 0 Å². The quantitative estimate of drug-likeness (QED) is 0.428. The van der Waals surface area contributed by atoms with Crippen LogP contribution in [0.1, 0.15) is 27.2 Å². The molecule has 0 heterocycles. The number of hydrogen-bond acceptors (Lipinski definition) is 0. The Morgan fingerprint density at radius 1 is 1.42 bits per heavy atom. The average Bonchev–Trinajstić information content (AvgIpc) is 1.88. The van der Waals surface area contributed by atoms with Gasteiger partial charge in [0.15, 0.2) is 0 Å². The van der Waals surface area contributed by atoms with Crippen LogP contribution in [0.25, 0.3) is 0 Å². The van der Waals surface area contributed by atoms with Gasteiger partial charge in [-0.25, -0.2) is 12.0 Å². The fourth-order valence-corrected chi connectivity index (χ4v) is 1.36. The summed E-state index contributed by atoms with van der Waals surface area (Å²) in [5, 5.41) is 0. The van der Waals surface area contributed by atoms with E-state index >= 15 is 0 Å². The van der Waals surface area contributed by atoms with Gasteiger partial charge in [0, 0.05) is 0 Å². The fraction of sp³-hybridized carbons (Fsp3) is 0.444. The van der Waals surface area contributed by atoms with Gasteiger partial charge < -0.3 is 17.0 Å². The van der Waals surface area contributed by atoms with Crippen LogP contribution in [-0.2, 0) is 16.3 Å². The van der Waals surface area contributed by atoms with Crippen molar-refractivity contribution < 1.29 is 33.3 Å². The van der Waals surface area contributed by atoms with Crippen molar-refractivity contribution in [2.75, 3.05) is 0 Å². The molecule has 0 aromatic carbocycles. The standard InChI is InChI=1S/C9H13.2BrH.Ru/c1-7-4-8(2)6-9(3)5-7;;;/h4-5H,6H2,1-3H3;2*1H;/q-1;;;+3/p-2. The van der Waals surface area contributed by atoms with Gasteiger partial charge in [-0.15, -0.1) is 25.5 Å². The molecule has 0 saturated carbocycles. The second-order valence-corrected chi connectivity index (χ2v) is 2.90. The van der Waals surface area contributed by atoms with Crippen molar-refractivity contribution in [3.8, 4) is 0 Å². The summed E-state index contributed by atoms with van der Waals surface area (Å²) < 4.78 is 0. The van der Waals surface area contributed by atoms with Crippen molar-refractivity contribution in [2.24, 2.45) is 0 Å². The zero-order valence-corrected chi connectivity index (χ0v) is 12.4. The van der Waals surface area contributed by atoms with Gasteiger partial charge in [-0.2, -0.15) is 5.57 Å². The van der Waals surface area contributed by atoms with Crippen molar-refractivity contribution in [3.05, 3.63) is 29.2 Å². The summed E-state index contributed by atoms with van der Waals surface area (Å²) in [5.41, 5.74) is 2.86. The Morgan fingerprint density at radius 2 is 1.92 bits per heavy atom. The molecule has 1 rings (SSSR count). The van der Waals surface area contributed by atoms with Crippen LogP contribution >= 0.6 is 13.6 Å². The first-order valence-corrected chi connectivity index (χ1v) is 7.47. The van der Waals surface area contributed by atoms with E-state index in [2.05, 4.69) is 62.9 Å². The number of hydrogen-bond donors (Lipinski definition) is 0. The zero-order valence-electron chi connectivity index (χ0n) is 7.47. The molecule has 0 unspecified atom stereocenters. The molecule has 12 heavy (non-hydrogen) atoms. The summed E-state index contributed by atoms with van der Waals surface area (Å²) in [4.78, 5) is 0. The van der Waals surface area contributed by atoms with Crippen LogP contribution in [0.15, 0.2) is 23.3 Å². The molecule has 0 nitrogen and oxygen atoms in total. The molecule has 1 aliphatic rings. The second-order valence-electron chi connectivity index (χ2n) is 2.90. The van der Waals surface area contributed by atoms with Crippen molar-refractivity contribution in [2.45, 2.75) is 27.2 Å². The maximum atomic E-state index is 2.87. The number of allylic oxidation sites excluding steroid dienone is 4. The zero-order chi connectivity index (χ0) is 8.85. The summed E-state index contributed by atoms with van der Waals surface area (Å²) in [6, 6.07) is 0. The Labute approximate surface area is 103 Å². The van der Waals surface area contributed by atoms with Crippen LogP contribution in [0.3, 0.4) is 0 Å². The molecule has 71 valence electrons. The molecule has 0 radical (unpaired) electrons. The number of halogens is 2. The minimum atomic E-state index is 0. The van der Waals surface area contributed by atoms with E-state index in [4.69, 9.17) is 0 Å². The minimum absolute atomic E-state index is 0. The van der Waals surface area contributed by atoms with E-state index in [1.165, 1.54) is 17.1 Å².